The second kappa shape index (κ2) is 13.7. The summed E-state index contributed by atoms with van der Waals surface area (Å²) >= 11 is 0. The van der Waals surface area contributed by atoms with Crippen LogP contribution in [0.1, 0.15) is 49.5 Å². The average molecular weight is 752 g/mol. The number of nitrogens with zero attached hydrogens (tertiary/aromatic N) is 7. The van der Waals surface area contributed by atoms with Crippen LogP contribution in [0, 0.1) is 6.92 Å². The fourth-order valence-corrected chi connectivity index (χ4v) is 8.30. The lowest BCUT2D eigenvalue weighted by molar-refractivity contribution is -0.136. The smallest absolute Gasteiger partial charge is 0.262 e. The van der Waals surface area contributed by atoms with Crippen LogP contribution in [0.5, 0.6) is 0 Å². The molecule has 9 rings (SSSR count). The summed E-state index contributed by atoms with van der Waals surface area (Å²) < 4.78 is 0. The van der Waals surface area contributed by atoms with E-state index in [1.807, 2.05) is 37.4 Å². The van der Waals surface area contributed by atoms with Gasteiger partial charge in [-0.15, -0.1) is 0 Å². The molecule has 0 spiro atoms. The number of H-pyrrole nitrogens is 1. The van der Waals surface area contributed by atoms with Crippen LogP contribution in [0.3, 0.4) is 0 Å². The molecule has 56 heavy (non-hydrogen) atoms. The van der Waals surface area contributed by atoms with Crippen LogP contribution in [0.4, 0.5) is 11.4 Å². The number of carbonyl (C=O) groups is 5. The Morgan fingerprint density at radius 3 is 2.23 bits per heavy atom. The number of piperidine rings is 1. The van der Waals surface area contributed by atoms with E-state index in [4.69, 9.17) is 4.98 Å². The van der Waals surface area contributed by atoms with Gasteiger partial charge in [0.05, 0.1) is 23.0 Å². The zero-order chi connectivity index (χ0) is 38.8. The number of fused-ring (bicyclic) bond motifs is 2. The lowest BCUT2D eigenvalue weighted by Gasteiger charge is -2.49. The molecule has 3 fully saturated rings. The topological polar surface area (TPSA) is 155 Å². The van der Waals surface area contributed by atoms with Crippen LogP contribution in [-0.4, -0.2) is 125 Å². The number of anilines is 2. The molecule has 14 heteroatoms. The van der Waals surface area contributed by atoms with Gasteiger partial charge in [-0.05, 0) is 60.9 Å². The molecule has 0 aliphatic carbocycles. The Hall–Kier alpha value is -6.41. The highest BCUT2D eigenvalue weighted by atomic mass is 16.2. The normalized spacial score (nSPS) is 19.1. The van der Waals surface area contributed by atoms with E-state index in [1.165, 1.54) is 0 Å². The van der Waals surface area contributed by atoms with Crippen molar-refractivity contribution in [2.75, 3.05) is 63.2 Å². The number of rotatable bonds is 7. The minimum Gasteiger partial charge on any atom is -0.369 e. The van der Waals surface area contributed by atoms with Gasteiger partial charge < -0.3 is 19.7 Å². The highest BCUT2D eigenvalue weighted by Gasteiger charge is 2.45. The van der Waals surface area contributed by atoms with Gasteiger partial charge in [-0.2, -0.15) is 0 Å². The molecule has 0 saturated carbocycles. The van der Waals surface area contributed by atoms with Crippen LogP contribution in [0.25, 0.3) is 33.5 Å². The molecule has 4 aliphatic rings. The third-order valence-corrected chi connectivity index (χ3v) is 11.6. The van der Waals surface area contributed by atoms with E-state index in [-0.39, 0.29) is 18.7 Å². The van der Waals surface area contributed by atoms with E-state index in [1.54, 1.807) is 37.3 Å². The largest absolute Gasteiger partial charge is 0.369 e. The summed E-state index contributed by atoms with van der Waals surface area (Å²) in [6.07, 6.45) is 3.93. The Morgan fingerprint density at radius 1 is 0.804 bits per heavy atom. The van der Waals surface area contributed by atoms with Gasteiger partial charge in [-0.3, -0.25) is 39.1 Å². The first-order chi connectivity index (χ1) is 27.0. The Morgan fingerprint density at radius 2 is 1.52 bits per heavy atom. The van der Waals surface area contributed by atoms with Crippen LogP contribution in [0.15, 0.2) is 73.1 Å². The third kappa shape index (κ3) is 6.06. The second-order valence-electron chi connectivity index (χ2n) is 15.2. The summed E-state index contributed by atoms with van der Waals surface area (Å²) in [6, 6.07) is 19.0. The number of aryl methyl sites for hydroxylation is 1. The van der Waals surface area contributed by atoms with E-state index in [0.717, 1.165) is 89.0 Å². The van der Waals surface area contributed by atoms with Gasteiger partial charge in [0.15, 0.2) is 5.65 Å². The van der Waals surface area contributed by atoms with Crippen molar-refractivity contribution in [3.63, 3.8) is 0 Å². The summed E-state index contributed by atoms with van der Waals surface area (Å²) in [5.74, 6) is -2.00. The van der Waals surface area contributed by atoms with Crippen molar-refractivity contribution < 1.29 is 24.0 Å². The quantitative estimate of drug-likeness (QED) is 0.235. The van der Waals surface area contributed by atoms with Crippen molar-refractivity contribution in [1.82, 2.24) is 35.0 Å². The monoisotopic (exact) mass is 751 g/mol. The number of aromatic amines is 1. The maximum atomic E-state index is 13.3. The molecule has 0 bridgehead atoms. The number of hydrogen-bond donors (Lipinski definition) is 2. The Kier molecular flexibility index (Phi) is 8.64. The molecular formula is C42H41N9O5. The van der Waals surface area contributed by atoms with Gasteiger partial charge in [0.25, 0.3) is 17.7 Å². The summed E-state index contributed by atoms with van der Waals surface area (Å²) in [5.41, 5.74) is 9.36. The molecule has 5 aromatic rings. The minimum atomic E-state index is -0.972. The molecule has 1 atom stereocenters. The Bertz CT molecular complexity index is 2440. The summed E-state index contributed by atoms with van der Waals surface area (Å²) in [7, 11) is 3.51. The number of aromatic nitrogens is 3. The van der Waals surface area contributed by atoms with Gasteiger partial charge in [0.1, 0.15) is 11.6 Å². The lowest BCUT2D eigenvalue weighted by Crippen LogP contribution is -2.63. The van der Waals surface area contributed by atoms with Gasteiger partial charge in [0, 0.05) is 100 Å². The predicted octanol–water partition coefficient (Wildman–Crippen LogP) is 3.71. The van der Waals surface area contributed by atoms with Crippen LogP contribution >= 0.6 is 0 Å². The Balaban J connectivity index is 0.809. The van der Waals surface area contributed by atoms with Gasteiger partial charge in [-0.1, -0.05) is 24.3 Å². The van der Waals surface area contributed by atoms with Crippen molar-refractivity contribution in [3.05, 3.63) is 95.3 Å². The lowest BCUT2D eigenvalue weighted by atomic mass is 10.0. The molecule has 3 aromatic carbocycles. The molecular weight excluding hydrogens is 711 g/mol. The zero-order valence-electron chi connectivity index (χ0n) is 31.4. The van der Waals surface area contributed by atoms with Gasteiger partial charge in [0.2, 0.25) is 11.8 Å². The van der Waals surface area contributed by atoms with E-state index in [9.17, 15) is 24.0 Å². The molecule has 284 valence electrons. The van der Waals surface area contributed by atoms with Gasteiger partial charge in [-0.25, -0.2) is 9.97 Å². The first-order valence-electron chi connectivity index (χ1n) is 18.9. The molecule has 6 heterocycles. The zero-order valence-corrected chi connectivity index (χ0v) is 31.4. The van der Waals surface area contributed by atoms with Crippen molar-refractivity contribution >= 4 is 52.1 Å². The molecule has 2 aromatic heterocycles. The number of hydrogen-bond acceptors (Lipinski definition) is 10. The first kappa shape index (κ1) is 35.3. The molecule has 0 radical (unpaired) electrons. The van der Waals surface area contributed by atoms with E-state index >= 15 is 0 Å². The van der Waals surface area contributed by atoms with Gasteiger partial charge >= 0.3 is 0 Å². The molecule has 5 amide bonds. The number of carbonyl (C=O) groups excluding carboxylic acids is 5. The highest BCUT2D eigenvalue weighted by molar-refractivity contribution is 6.23. The fourth-order valence-electron chi connectivity index (χ4n) is 8.30. The molecule has 1 unspecified atom stereocenters. The fraction of sp³-hybridized carbons (Fsp3) is 0.310. The predicted molar refractivity (Wildman–Crippen MR) is 210 cm³/mol. The number of nitrogens with one attached hydrogen (secondary N) is 2. The number of benzene rings is 3. The number of piperazine rings is 1. The maximum absolute atomic E-state index is 13.3. The highest BCUT2D eigenvalue weighted by Crippen LogP contribution is 2.34. The maximum Gasteiger partial charge on any atom is 0.262 e. The van der Waals surface area contributed by atoms with Crippen LogP contribution in [-0.2, 0) is 9.59 Å². The van der Waals surface area contributed by atoms with Crippen molar-refractivity contribution in [2.24, 2.45) is 0 Å². The van der Waals surface area contributed by atoms with Crippen molar-refractivity contribution in [3.8, 4) is 22.4 Å². The van der Waals surface area contributed by atoms with E-state index < -0.39 is 29.7 Å². The summed E-state index contributed by atoms with van der Waals surface area (Å²) in [6.45, 7) is 7.26. The third-order valence-electron chi connectivity index (χ3n) is 11.6. The number of amides is 5. The van der Waals surface area contributed by atoms with Crippen molar-refractivity contribution in [1.29, 1.82) is 0 Å². The van der Waals surface area contributed by atoms with E-state index in [2.05, 4.69) is 54.2 Å². The average Bonchev–Trinajstić information content (AvgIpc) is 3.71. The van der Waals surface area contributed by atoms with Crippen LogP contribution < -0.4 is 15.1 Å². The molecule has 4 aliphatic heterocycles. The SMILES string of the molecule is Cc1cc(-c2c[nH]c3ncc(-c4ccc(N5CCN(C6CN(c7ccc8c(c7)C(=O)N(C7CCC(=O)NC7=O)C8=O)C6)CC5)cc4)nc23)ccc1C(=O)N(C)C. The summed E-state index contributed by atoms with van der Waals surface area (Å²) in [5, 5.41) is 2.24. The van der Waals surface area contributed by atoms with Crippen LogP contribution in [0.2, 0.25) is 0 Å². The molecule has 2 N–H and O–H groups in total. The molecule has 14 nitrogen and oxygen atoms in total. The minimum absolute atomic E-state index is 0.0250. The molecule has 3 saturated heterocycles. The first-order valence-corrected chi connectivity index (χ1v) is 18.9. The van der Waals surface area contributed by atoms with E-state index in [0.29, 0.717) is 28.4 Å². The Labute approximate surface area is 323 Å². The van der Waals surface area contributed by atoms with Crippen molar-refractivity contribution in [2.45, 2.75) is 31.8 Å². The second-order valence-corrected chi connectivity index (χ2v) is 15.2. The number of imide groups is 2. The standard InChI is InChI=1S/C42H41N9O5/c1-24-18-26(6-10-30(24)40(54)47(2)3)33-20-43-38-37(33)45-34(21-44-38)25-4-7-27(8-5-25)48-14-16-49(17-15-48)29-22-50(23-29)28-9-11-31-32(19-28)42(56)51(41(31)55)35-12-13-36(52)46-39(35)53/h4-11,18-21,29,35H,12-17,22-23H2,1-3H3,(H,43,44)(H,46,52,53). The summed E-state index contributed by atoms with van der Waals surface area (Å²) in [4.78, 5) is 85.7.